The molecule has 0 bridgehead atoms. The Bertz CT molecular complexity index is 786. The summed E-state index contributed by atoms with van der Waals surface area (Å²) in [5.41, 5.74) is 5.67. The summed E-state index contributed by atoms with van der Waals surface area (Å²) < 4.78 is 11.4. The topological polar surface area (TPSA) is 21.7 Å². The van der Waals surface area contributed by atoms with Gasteiger partial charge in [0.2, 0.25) is 0 Å². The van der Waals surface area contributed by atoms with Crippen molar-refractivity contribution in [2.45, 2.75) is 44.4 Å². The summed E-state index contributed by atoms with van der Waals surface area (Å²) in [6, 6.07) is 13.3. The molecule has 0 saturated heterocycles. The Morgan fingerprint density at radius 2 is 2.07 bits per heavy atom. The van der Waals surface area contributed by atoms with Gasteiger partial charge in [-0.25, -0.2) is 0 Å². The van der Waals surface area contributed by atoms with Crippen LogP contribution in [0.1, 0.15) is 47.4 Å². The third-order valence-electron chi connectivity index (χ3n) is 6.10. The molecule has 1 unspecified atom stereocenters. The van der Waals surface area contributed by atoms with E-state index in [4.69, 9.17) is 9.47 Å². The van der Waals surface area contributed by atoms with Crippen molar-refractivity contribution in [1.29, 1.82) is 0 Å². The zero-order chi connectivity index (χ0) is 18.6. The Morgan fingerprint density at radius 1 is 1.15 bits per heavy atom. The zero-order valence-corrected chi connectivity index (χ0v) is 16.7. The first-order chi connectivity index (χ1) is 13.2. The van der Waals surface area contributed by atoms with Gasteiger partial charge in [-0.1, -0.05) is 24.3 Å². The maximum absolute atomic E-state index is 5.83. The van der Waals surface area contributed by atoms with Crippen molar-refractivity contribution in [3.05, 3.63) is 58.7 Å². The summed E-state index contributed by atoms with van der Waals surface area (Å²) in [5.74, 6) is 2.78. The molecule has 1 aliphatic heterocycles. The first-order valence-electron chi connectivity index (χ1n) is 10.3. The van der Waals surface area contributed by atoms with Crippen LogP contribution in [0.4, 0.5) is 0 Å². The molecule has 2 aliphatic rings. The number of rotatable bonds is 6. The Morgan fingerprint density at radius 3 is 2.96 bits per heavy atom. The van der Waals surface area contributed by atoms with E-state index in [1.54, 1.807) is 7.11 Å². The summed E-state index contributed by atoms with van der Waals surface area (Å²) in [7, 11) is 4.04. The summed E-state index contributed by atoms with van der Waals surface area (Å²) in [5, 5.41) is 0. The number of aryl methyl sites for hydroxylation is 1. The minimum Gasteiger partial charge on any atom is -0.496 e. The minimum atomic E-state index is 0.612. The number of ether oxygens (including phenoxy) is 2. The van der Waals surface area contributed by atoms with Gasteiger partial charge in [0.05, 0.1) is 13.7 Å². The predicted octanol–water partition coefficient (Wildman–Crippen LogP) is 4.61. The van der Waals surface area contributed by atoms with E-state index < -0.39 is 0 Å². The van der Waals surface area contributed by atoms with Gasteiger partial charge in [0.1, 0.15) is 11.5 Å². The van der Waals surface area contributed by atoms with Crippen molar-refractivity contribution < 1.29 is 9.47 Å². The van der Waals surface area contributed by atoms with Crippen LogP contribution in [-0.2, 0) is 19.3 Å². The van der Waals surface area contributed by atoms with Crippen molar-refractivity contribution >= 4 is 0 Å². The molecule has 0 spiro atoms. The Labute approximate surface area is 163 Å². The second-order valence-electron chi connectivity index (χ2n) is 8.02. The lowest BCUT2D eigenvalue weighted by molar-refractivity contribution is 0.286. The maximum Gasteiger partial charge on any atom is 0.122 e. The SMILES string of the molecule is COc1cccc2c1CCCC2CN(C)CCc1ccc2c(c1)OCCC2. The number of fused-ring (bicyclic) bond motifs is 2. The third kappa shape index (κ3) is 4.14. The number of hydrogen-bond acceptors (Lipinski definition) is 3. The van der Waals surface area contributed by atoms with Crippen LogP contribution < -0.4 is 9.47 Å². The van der Waals surface area contributed by atoms with Crippen LogP contribution in [0.15, 0.2) is 36.4 Å². The third-order valence-corrected chi connectivity index (χ3v) is 6.10. The molecule has 144 valence electrons. The lowest BCUT2D eigenvalue weighted by Crippen LogP contribution is -2.28. The maximum atomic E-state index is 5.83. The van der Waals surface area contributed by atoms with E-state index in [1.165, 1.54) is 35.1 Å². The average molecular weight is 366 g/mol. The van der Waals surface area contributed by atoms with E-state index >= 15 is 0 Å². The summed E-state index contributed by atoms with van der Waals surface area (Å²) in [4.78, 5) is 2.49. The zero-order valence-electron chi connectivity index (χ0n) is 16.7. The molecule has 0 N–H and O–H groups in total. The van der Waals surface area contributed by atoms with Crippen molar-refractivity contribution in [2.75, 3.05) is 33.9 Å². The highest BCUT2D eigenvalue weighted by Crippen LogP contribution is 2.37. The van der Waals surface area contributed by atoms with Crippen LogP contribution in [0.3, 0.4) is 0 Å². The number of hydrogen-bond donors (Lipinski definition) is 0. The quantitative estimate of drug-likeness (QED) is 0.746. The van der Waals surface area contributed by atoms with E-state index in [2.05, 4.69) is 48.3 Å². The molecular formula is C24H31NO2. The first kappa shape index (κ1) is 18.4. The van der Waals surface area contributed by atoms with Crippen molar-refractivity contribution in [3.63, 3.8) is 0 Å². The van der Waals surface area contributed by atoms with E-state index in [-0.39, 0.29) is 0 Å². The molecule has 1 aliphatic carbocycles. The highest BCUT2D eigenvalue weighted by Gasteiger charge is 2.23. The lowest BCUT2D eigenvalue weighted by Gasteiger charge is -2.30. The van der Waals surface area contributed by atoms with Gasteiger partial charge in [0.25, 0.3) is 0 Å². The van der Waals surface area contributed by atoms with Gasteiger partial charge < -0.3 is 14.4 Å². The molecular weight excluding hydrogens is 334 g/mol. The molecule has 0 amide bonds. The standard InChI is InChI=1S/C24H31NO2/c1-25(14-13-18-11-12-19-7-5-15-27-24(19)16-18)17-20-6-3-9-22-21(20)8-4-10-23(22)26-2/h4,8,10-12,16,20H,3,5-7,9,13-15,17H2,1-2H3. The van der Waals surface area contributed by atoms with Crippen LogP contribution in [0, 0.1) is 0 Å². The molecule has 4 rings (SSSR count). The smallest absolute Gasteiger partial charge is 0.122 e. The second-order valence-corrected chi connectivity index (χ2v) is 8.02. The minimum absolute atomic E-state index is 0.612. The highest BCUT2D eigenvalue weighted by atomic mass is 16.5. The van der Waals surface area contributed by atoms with E-state index in [0.717, 1.165) is 56.9 Å². The van der Waals surface area contributed by atoms with Gasteiger partial charge in [-0.05, 0) is 85.9 Å². The highest BCUT2D eigenvalue weighted by molar-refractivity contribution is 5.44. The lowest BCUT2D eigenvalue weighted by atomic mass is 9.82. The number of benzene rings is 2. The molecule has 1 atom stereocenters. The van der Waals surface area contributed by atoms with Crippen LogP contribution in [0.25, 0.3) is 0 Å². The fourth-order valence-electron chi connectivity index (χ4n) is 4.62. The molecule has 2 aromatic rings. The Kier molecular flexibility index (Phi) is 5.68. The summed E-state index contributed by atoms with van der Waals surface area (Å²) in [6.45, 7) is 3.05. The molecule has 0 radical (unpaired) electrons. The second kappa shape index (κ2) is 8.35. The monoisotopic (exact) mass is 365 g/mol. The number of likely N-dealkylation sites (N-methyl/N-ethyl adjacent to an activating group) is 1. The van der Waals surface area contributed by atoms with Crippen molar-refractivity contribution in [2.24, 2.45) is 0 Å². The van der Waals surface area contributed by atoms with Gasteiger partial charge in [0.15, 0.2) is 0 Å². The van der Waals surface area contributed by atoms with Gasteiger partial charge in [-0.2, -0.15) is 0 Å². The predicted molar refractivity (Wildman–Crippen MR) is 110 cm³/mol. The van der Waals surface area contributed by atoms with E-state index in [1.807, 2.05) is 0 Å². The van der Waals surface area contributed by atoms with Crippen molar-refractivity contribution in [1.82, 2.24) is 4.90 Å². The molecule has 0 fully saturated rings. The molecule has 0 aromatic heterocycles. The van der Waals surface area contributed by atoms with Crippen LogP contribution >= 0.6 is 0 Å². The fourth-order valence-corrected chi connectivity index (χ4v) is 4.62. The van der Waals surface area contributed by atoms with Crippen molar-refractivity contribution in [3.8, 4) is 11.5 Å². The van der Waals surface area contributed by atoms with Crippen LogP contribution in [-0.4, -0.2) is 38.8 Å². The summed E-state index contributed by atoms with van der Waals surface area (Å²) in [6.07, 6.45) is 7.05. The largest absolute Gasteiger partial charge is 0.496 e. The molecule has 1 heterocycles. The molecule has 2 aromatic carbocycles. The normalized spacial score (nSPS) is 18.6. The molecule has 0 saturated carbocycles. The van der Waals surface area contributed by atoms with Gasteiger partial charge in [-0.3, -0.25) is 0 Å². The first-order valence-corrected chi connectivity index (χ1v) is 10.3. The number of methoxy groups -OCH3 is 1. The van der Waals surface area contributed by atoms with Crippen LogP contribution in [0.5, 0.6) is 11.5 Å². The fraction of sp³-hybridized carbons (Fsp3) is 0.500. The molecule has 27 heavy (non-hydrogen) atoms. The molecule has 3 heteroatoms. The van der Waals surface area contributed by atoms with E-state index in [9.17, 15) is 0 Å². The Hall–Kier alpha value is -2.00. The Balaban J connectivity index is 1.37. The van der Waals surface area contributed by atoms with Gasteiger partial charge in [0, 0.05) is 13.1 Å². The van der Waals surface area contributed by atoms with Gasteiger partial charge in [-0.15, -0.1) is 0 Å². The molecule has 3 nitrogen and oxygen atoms in total. The summed E-state index contributed by atoms with van der Waals surface area (Å²) >= 11 is 0. The average Bonchev–Trinajstić information content (AvgIpc) is 2.72. The van der Waals surface area contributed by atoms with Crippen LogP contribution in [0.2, 0.25) is 0 Å². The number of nitrogens with zero attached hydrogens (tertiary/aromatic N) is 1. The van der Waals surface area contributed by atoms with E-state index in [0.29, 0.717) is 5.92 Å². The van der Waals surface area contributed by atoms with Gasteiger partial charge >= 0.3 is 0 Å².